The van der Waals surface area contributed by atoms with Gasteiger partial charge >= 0.3 is 0 Å². The van der Waals surface area contributed by atoms with E-state index in [1.54, 1.807) is 13.3 Å². The molecule has 7 nitrogen and oxygen atoms in total. The van der Waals surface area contributed by atoms with E-state index in [2.05, 4.69) is 20.6 Å². The van der Waals surface area contributed by atoms with Crippen molar-refractivity contribution in [1.82, 2.24) is 20.5 Å². The summed E-state index contributed by atoms with van der Waals surface area (Å²) in [5, 5.41) is 6.58. The number of hydrogen-bond donors (Lipinski definition) is 2. The minimum Gasteiger partial charge on any atom is -0.481 e. The lowest BCUT2D eigenvalue weighted by molar-refractivity contribution is -0.130. The van der Waals surface area contributed by atoms with Crippen LogP contribution in [0.2, 0.25) is 0 Å². The number of rotatable bonds is 8. The van der Waals surface area contributed by atoms with Crippen molar-refractivity contribution >= 4 is 11.9 Å². The molecule has 7 heteroatoms. The van der Waals surface area contributed by atoms with Gasteiger partial charge in [0, 0.05) is 44.4 Å². The predicted molar refractivity (Wildman–Crippen MR) is 103 cm³/mol. The Morgan fingerprint density at radius 1 is 1.35 bits per heavy atom. The molecule has 1 fully saturated rings. The molecule has 0 spiro atoms. The fourth-order valence-electron chi connectivity index (χ4n) is 2.99. The molecule has 1 aliphatic heterocycles. The monoisotopic (exact) mass is 361 g/mol. The Bertz CT molecular complexity index is 591. The lowest BCUT2D eigenvalue weighted by Gasteiger charge is -2.20. The summed E-state index contributed by atoms with van der Waals surface area (Å²) in [6.07, 6.45) is 6.63. The summed E-state index contributed by atoms with van der Waals surface area (Å²) in [4.78, 5) is 22.8. The van der Waals surface area contributed by atoms with Gasteiger partial charge in [-0.25, -0.2) is 9.98 Å². The van der Waals surface area contributed by atoms with E-state index in [9.17, 15) is 4.79 Å². The number of amides is 1. The van der Waals surface area contributed by atoms with Crippen LogP contribution in [0.3, 0.4) is 0 Å². The number of aliphatic imine (C=N–C) groups is 1. The van der Waals surface area contributed by atoms with Crippen LogP contribution in [0, 0.1) is 0 Å². The van der Waals surface area contributed by atoms with E-state index in [1.807, 2.05) is 24.0 Å². The standard InChI is InChI=1S/C19H31N5O2/c1-3-20-19(23-15-16-9-7-11-21-18(16)26-2)22-12-8-14-24-13-6-4-5-10-17(24)25/h7,9,11H,3-6,8,10,12-15H2,1-2H3,(H2,20,22,23). The van der Waals surface area contributed by atoms with Crippen molar-refractivity contribution in [2.24, 2.45) is 4.99 Å². The Labute approximate surface area is 156 Å². The maximum Gasteiger partial charge on any atom is 0.222 e. The minimum atomic E-state index is 0.298. The first-order valence-electron chi connectivity index (χ1n) is 9.52. The van der Waals surface area contributed by atoms with Crippen molar-refractivity contribution in [1.29, 1.82) is 0 Å². The normalized spacial score (nSPS) is 15.5. The second-order valence-corrected chi connectivity index (χ2v) is 6.34. The van der Waals surface area contributed by atoms with Gasteiger partial charge < -0.3 is 20.3 Å². The highest BCUT2D eigenvalue weighted by Gasteiger charge is 2.15. The number of ether oxygens (including phenoxy) is 1. The second kappa shape index (κ2) is 11.3. The fraction of sp³-hybridized carbons (Fsp3) is 0.632. The van der Waals surface area contributed by atoms with Crippen molar-refractivity contribution in [3.05, 3.63) is 23.9 Å². The molecule has 1 saturated heterocycles. The zero-order valence-corrected chi connectivity index (χ0v) is 16.0. The van der Waals surface area contributed by atoms with Gasteiger partial charge in [0.2, 0.25) is 11.8 Å². The van der Waals surface area contributed by atoms with Gasteiger partial charge in [-0.1, -0.05) is 12.5 Å². The number of pyridine rings is 1. The summed E-state index contributed by atoms with van der Waals surface area (Å²) in [7, 11) is 1.61. The smallest absolute Gasteiger partial charge is 0.222 e. The summed E-state index contributed by atoms with van der Waals surface area (Å²) in [6, 6.07) is 3.84. The van der Waals surface area contributed by atoms with E-state index in [4.69, 9.17) is 4.74 Å². The first-order chi connectivity index (χ1) is 12.7. The van der Waals surface area contributed by atoms with E-state index < -0.39 is 0 Å². The molecule has 0 radical (unpaired) electrons. The van der Waals surface area contributed by atoms with Crippen LogP contribution in [0.25, 0.3) is 0 Å². The molecule has 1 aromatic heterocycles. The number of hydrogen-bond acceptors (Lipinski definition) is 4. The van der Waals surface area contributed by atoms with E-state index >= 15 is 0 Å². The molecule has 26 heavy (non-hydrogen) atoms. The SMILES string of the molecule is CCNC(=NCc1cccnc1OC)NCCCN1CCCCCC1=O. The Morgan fingerprint density at radius 2 is 2.23 bits per heavy atom. The third-order valence-corrected chi connectivity index (χ3v) is 4.36. The summed E-state index contributed by atoms with van der Waals surface area (Å²) in [5.41, 5.74) is 0.947. The molecule has 0 aromatic carbocycles. The third-order valence-electron chi connectivity index (χ3n) is 4.36. The molecule has 2 rings (SSSR count). The number of guanidine groups is 1. The van der Waals surface area contributed by atoms with Crippen molar-refractivity contribution in [2.45, 2.75) is 45.6 Å². The number of carbonyl (C=O) groups is 1. The van der Waals surface area contributed by atoms with Gasteiger partial charge in [0.15, 0.2) is 5.96 Å². The van der Waals surface area contributed by atoms with E-state index in [-0.39, 0.29) is 0 Å². The molecule has 0 saturated carbocycles. The molecule has 1 aromatic rings. The number of aromatic nitrogens is 1. The number of methoxy groups -OCH3 is 1. The van der Waals surface area contributed by atoms with Gasteiger partial charge in [0.25, 0.3) is 0 Å². The van der Waals surface area contributed by atoms with Crippen molar-refractivity contribution in [3.8, 4) is 5.88 Å². The Balaban J connectivity index is 1.80. The number of likely N-dealkylation sites (tertiary alicyclic amines) is 1. The maximum atomic E-state index is 12.0. The molecule has 0 unspecified atom stereocenters. The lowest BCUT2D eigenvalue weighted by atomic mass is 10.2. The van der Waals surface area contributed by atoms with Crippen LogP contribution in [-0.4, -0.2) is 55.0 Å². The van der Waals surface area contributed by atoms with Gasteiger partial charge in [-0.2, -0.15) is 0 Å². The van der Waals surface area contributed by atoms with Crippen LogP contribution in [0.5, 0.6) is 5.88 Å². The molecule has 2 heterocycles. The van der Waals surface area contributed by atoms with Crippen LogP contribution in [0.15, 0.2) is 23.3 Å². The average Bonchev–Trinajstić information content (AvgIpc) is 2.87. The fourth-order valence-corrected chi connectivity index (χ4v) is 2.99. The number of nitrogens with zero attached hydrogens (tertiary/aromatic N) is 3. The topological polar surface area (TPSA) is 78.9 Å². The van der Waals surface area contributed by atoms with Gasteiger partial charge in [0.1, 0.15) is 0 Å². The van der Waals surface area contributed by atoms with Gasteiger partial charge in [-0.3, -0.25) is 4.79 Å². The zero-order chi connectivity index (χ0) is 18.6. The molecule has 1 aliphatic rings. The van der Waals surface area contributed by atoms with E-state index in [0.29, 0.717) is 24.8 Å². The lowest BCUT2D eigenvalue weighted by Crippen LogP contribution is -2.39. The summed E-state index contributed by atoms with van der Waals surface area (Å²) >= 11 is 0. The number of nitrogens with one attached hydrogen (secondary N) is 2. The Hall–Kier alpha value is -2.31. The van der Waals surface area contributed by atoms with Crippen molar-refractivity contribution in [2.75, 3.05) is 33.3 Å². The third kappa shape index (κ3) is 6.54. The zero-order valence-electron chi connectivity index (χ0n) is 16.0. The molecular formula is C19H31N5O2. The molecule has 0 aliphatic carbocycles. The number of carbonyl (C=O) groups excluding carboxylic acids is 1. The largest absolute Gasteiger partial charge is 0.481 e. The first-order valence-corrected chi connectivity index (χ1v) is 9.52. The van der Waals surface area contributed by atoms with Gasteiger partial charge in [-0.15, -0.1) is 0 Å². The molecule has 0 bridgehead atoms. The van der Waals surface area contributed by atoms with E-state index in [1.165, 1.54) is 0 Å². The summed E-state index contributed by atoms with van der Waals surface area (Å²) < 4.78 is 5.26. The van der Waals surface area contributed by atoms with Crippen LogP contribution in [0.1, 0.15) is 44.6 Å². The van der Waals surface area contributed by atoms with Crippen molar-refractivity contribution in [3.63, 3.8) is 0 Å². The minimum absolute atomic E-state index is 0.298. The predicted octanol–water partition coefficient (Wildman–Crippen LogP) is 1.94. The highest BCUT2D eigenvalue weighted by molar-refractivity contribution is 5.79. The van der Waals surface area contributed by atoms with Crippen LogP contribution < -0.4 is 15.4 Å². The van der Waals surface area contributed by atoms with Gasteiger partial charge in [-0.05, 0) is 32.3 Å². The van der Waals surface area contributed by atoms with Gasteiger partial charge in [0.05, 0.1) is 13.7 Å². The Morgan fingerprint density at radius 3 is 3.04 bits per heavy atom. The first kappa shape index (κ1) is 20.0. The van der Waals surface area contributed by atoms with Crippen LogP contribution >= 0.6 is 0 Å². The quantitative estimate of drug-likeness (QED) is 0.420. The van der Waals surface area contributed by atoms with E-state index in [0.717, 1.165) is 63.4 Å². The maximum absolute atomic E-state index is 12.0. The molecule has 2 N–H and O–H groups in total. The molecular weight excluding hydrogens is 330 g/mol. The average molecular weight is 361 g/mol. The highest BCUT2D eigenvalue weighted by Crippen LogP contribution is 2.14. The molecule has 0 atom stereocenters. The molecule has 1 amide bonds. The summed E-state index contributed by atoms with van der Waals surface area (Å²) in [5.74, 6) is 1.67. The van der Waals surface area contributed by atoms with Crippen molar-refractivity contribution < 1.29 is 9.53 Å². The summed E-state index contributed by atoms with van der Waals surface area (Å²) in [6.45, 7) is 5.81. The van der Waals surface area contributed by atoms with Crippen LogP contribution in [0.4, 0.5) is 0 Å². The highest BCUT2D eigenvalue weighted by atomic mass is 16.5. The molecule has 144 valence electrons. The second-order valence-electron chi connectivity index (χ2n) is 6.34. The Kier molecular flexibility index (Phi) is 8.72. The van der Waals surface area contributed by atoms with Crippen LogP contribution in [-0.2, 0) is 11.3 Å².